The van der Waals surface area contributed by atoms with Crippen LogP contribution in [0.15, 0.2) is 237 Å². The SMILES string of the molecule is CCc1cc(N(c2ccc(/C=C/c3ccccc3)cc2)c2ccc(/C=C/c3ccccc3)cc2)cc(N(c2ccc(/C=C/c3ccccc3)cc2)c2ccc(/C=C/c3ccccc3)cc2)c1. The quantitative estimate of drug-likeness (QED) is 0.0949. The Hall–Kier alpha value is -8.46. The van der Waals surface area contributed by atoms with Gasteiger partial charge in [0.2, 0.25) is 0 Å². The van der Waals surface area contributed by atoms with Crippen LogP contribution in [-0.2, 0) is 6.42 Å². The Morgan fingerprint density at radius 3 is 0.667 bits per heavy atom. The summed E-state index contributed by atoms with van der Waals surface area (Å²) in [7, 11) is 0. The summed E-state index contributed by atoms with van der Waals surface area (Å²) >= 11 is 0. The number of rotatable bonds is 15. The Morgan fingerprint density at radius 2 is 0.455 bits per heavy atom. The van der Waals surface area contributed by atoms with E-state index in [2.05, 4.69) is 278 Å². The minimum Gasteiger partial charge on any atom is -0.310 e. The highest BCUT2D eigenvalue weighted by atomic mass is 15.2. The molecule has 0 saturated heterocycles. The molecule has 0 aliphatic rings. The lowest BCUT2D eigenvalue weighted by Crippen LogP contribution is -2.14. The molecule has 9 rings (SSSR count). The zero-order valence-corrected chi connectivity index (χ0v) is 37.2. The van der Waals surface area contributed by atoms with Crippen LogP contribution in [0.2, 0.25) is 0 Å². The number of anilines is 6. The second-order valence-electron chi connectivity index (χ2n) is 16.2. The summed E-state index contributed by atoms with van der Waals surface area (Å²) in [4.78, 5) is 4.76. The highest BCUT2D eigenvalue weighted by Gasteiger charge is 2.19. The molecule has 9 aromatic rings. The van der Waals surface area contributed by atoms with Crippen molar-refractivity contribution < 1.29 is 0 Å². The van der Waals surface area contributed by atoms with E-state index in [1.165, 1.54) is 27.8 Å². The number of aryl methyl sites for hydroxylation is 1. The normalized spacial score (nSPS) is 11.5. The van der Waals surface area contributed by atoms with Crippen molar-refractivity contribution in [2.24, 2.45) is 0 Å². The van der Waals surface area contributed by atoms with Gasteiger partial charge in [-0.2, -0.15) is 0 Å². The van der Waals surface area contributed by atoms with Crippen molar-refractivity contribution in [3.05, 3.63) is 287 Å². The average Bonchev–Trinajstić information content (AvgIpc) is 3.39. The van der Waals surface area contributed by atoms with Gasteiger partial charge in [-0.1, -0.05) is 225 Å². The van der Waals surface area contributed by atoms with Gasteiger partial charge in [0.15, 0.2) is 0 Å². The molecule has 0 N–H and O–H groups in total. The van der Waals surface area contributed by atoms with Gasteiger partial charge in [0, 0.05) is 34.1 Å². The first-order valence-electron chi connectivity index (χ1n) is 22.7. The topological polar surface area (TPSA) is 6.48 Å². The van der Waals surface area contributed by atoms with E-state index in [0.717, 1.165) is 62.8 Å². The summed E-state index contributed by atoms with van der Waals surface area (Å²) in [6, 6.07) is 84.3. The lowest BCUT2D eigenvalue weighted by molar-refractivity contribution is 1.12. The molecule has 0 radical (unpaired) electrons. The van der Waals surface area contributed by atoms with E-state index in [0.29, 0.717) is 0 Å². The lowest BCUT2D eigenvalue weighted by atomic mass is 10.0. The second-order valence-corrected chi connectivity index (χ2v) is 16.2. The van der Waals surface area contributed by atoms with E-state index < -0.39 is 0 Å². The molecular formula is C64H52N2. The predicted octanol–water partition coefficient (Wildman–Crippen LogP) is 17.9. The third-order valence-electron chi connectivity index (χ3n) is 11.6. The summed E-state index contributed by atoms with van der Waals surface area (Å²) in [5.74, 6) is 0. The molecule has 0 saturated carbocycles. The van der Waals surface area contributed by atoms with Crippen molar-refractivity contribution in [2.75, 3.05) is 9.80 Å². The maximum Gasteiger partial charge on any atom is 0.0485 e. The molecule has 2 heteroatoms. The molecule has 0 heterocycles. The number of hydrogen-bond donors (Lipinski definition) is 0. The van der Waals surface area contributed by atoms with Gasteiger partial charge in [-0.05, 0) is 123 Å². The van der Waals surface area contributed by atoms with Gasteiger partial charge in [0.05, 0.1) is 0 Å². The molecular weight excluding hydrogens is 797 g/mol. The van der Waals surface area contributed by atoms with Crippen LogP contribution in [0.1, 0.15) is 57.0 Å². The average molecular weight is 849 g/mol. The van der Waals surface area contributed by atoms with Crippen molar-refractivity contribution in [2.45, 2.75) is 13.3 Å². The molecule has 0 fully saturated rings. The second kappa shape index (κ2) is 21.3. The maximum atomic E-state index is 2.38. The fraction of sp³-hybridized carbons (Fsp3) is 0.0312. The smallest absolute Gasteiger partial charge is 0.0485 e. The zero-order chi connectivity index (χ0) is 44.8. The van der Waals surface area contributed by atoms with Gasteiger partial charge in [-0.15, -0.1) is 0 Å². The molecule has 2 nitrogen and oxygen atoms in total. The van der Waals surface area contributed by atoms with E-state index in [9.17, 15) is 0 Å². The number of nitrogens with zero attached hydrogens (tertiary/aromatic N) is 2. The van der Waals surface area contributed by atoms with Crippen molar-refractivity contribution in [3.63, 3.8) is 0 Å². The number of benzene rings is 9. The van der Waals surface area contributed by atoms with E-state index in [1.807, 2.05) is 24.3 Å². The van der Waals surface area contributed by atoms with Crippen molar-refractivity contribution in [3.8, 4) is 0 Å². The molecule has 0 spiro atoms. The minimum atomic E-state index is 0.876. The summed E-state index contributed by atoms with van der Waals surface area (Å²) < 4.78 is 0. The standard InChI is InChI=1S/C64H52N2/c1-2-50-47-63(65(59-39-31-55(32-40-59)27-23-51-15-7-3-8-16-51)60-41-33-56(34-42-60)28-24-52-17-9-4-10-18-52)49-64(48-50)66(61-43-35-57(36-44-61)29-25-53-19-11-5-12-20-53)62-45-37-58(38-46-62)30-26-54-21-13-6-14-22-54/h3-49H,2H2,1H3/b27-23+,28-24+,29-25+,30-26+. The summed E-state index contributed by atoms with van der Waals surface area (Å²) in [6.45, 7) is 2.24. The Bertz CT molecular complexity index is 2650. The van der Waals surface area contributed by atoms with Crippen molar-refractivity contribution >= 4 is 82.7 Å². The minimum absolute atomic E-state index is 0.876. The van der Waals surface area contributed by atoms with Gasteiger partial charge < -0.3 is 9.80 Å². The highest BCUT2D eigenvalue weighted by Crippen LogP contribution is 2.42. The van der Waals surface area contributed by atoms with Gasteiger partial charge in [-0.3, -0.25) is 0 Å². The first-order valence-corrected chi connectivity index (χ1v) is 22.7. The summed E-state index contributed by atoms with van der Waals surface area (Å²) in [5.41, 5.74) is 17.0. The molecule has 0 unspecified atom stereocenters. The molecule has 9 aromatic carbocycles. The third kappa shape index (κ3) is 11.2. The van der Waals surface area contributed by atoms with Gasteiger partial charge in [0.1, 0.15) is 0 Å². The van der Waals surface area contributed by atoms with E-state index in [1.54, 1.807) is 0 Å². The Morgan fingerprint density at radius 1 is 0.242 bits per heavy atom. The Labute approximate surface area is 390 Å². The van der Waals surface area contributed by atoms with E-state index >= 15 is 0 Å². The molecule has 0 aliphatic carbocycles. The van der Waals surface area contributed by atoms with Crippen LogP contribution in [0, 0.1) is 0 Å². The largest absolute Gasteiger partial charge is 0.310 e. The first kappa shape index (κ1) is 42.8. The summed E-state index contributed by atoms with van der Waals surface area (Å²) in [5, 5.41) is 0. The molecule has 0 amide bonds. The number of hydrogen-bond acceptors (Lipinski definition) is 2. The summed E-state index contributed by atoms with van der Waals surface area (Å²) in [6.07, 6.45) is 18.2. The molecule has 0 aliphatic heterocycles. The molecule has 0 atom stereocenters. The predicted molar refractivity (Wildman–Crippen MR) is 287 cm³/mol. The van der Waals surface area contributed by atoms with Crippen LogP contribution >= 0.6 is 0 Å². The molecule has 318 valence electrons. The van der Waals surface area contributed by atoms with Crippen molar-refractivity contribution in [1.82, 2.24) is 0 Å². The fourth-order valence-electron chi connectivity index (χ4n) is 7.98. The van der Waals surface area contributed by atoms with Crippen LogP contribution in [-0.4, -0.2) is 0 Å². The Kier molecular flexibility index (Phi) is 13.8. The zero-order valence-electron chi connectivity index (χ0n) is 37.2. The van der Waals surface area contributed by atoms with Gasteiger partial charge >= 0.3 is 0 Å². The highest BCUT2D eigenvalue weighted by molar-refractivity contribution is 5.86. The van der Waals surface area contributed by atoms with E-state index in [-0.39, 0.29) is 0 Å². The van der Waals surface area contributed by atoms with Crippen LogP contribution < -0.4 is 9.80 Å². The fourth-order valence-corrected chi connectivity index (χ4v) is 7.98. The molecule has 0 aromatic heterocycles. The maximum absolute atomic E-state index is 2.38. The first-order chi connectivity index (χ1) is 32.6. The van der Waals surface area contributed by atoms with Crippen molar-refractivity contribution in [1.29, 1.82) is 0 Å². The molecule has 66 heavy (non-hydrogen) atoms. The third-order valence-corrected chi connectivity index (χ3v) is 11.6. The van der Waals surface area contributed by atoms with Crippen LogP contribution in [0.3, 0.4) is 0 Å². The monoisotopic (exact) mass is 848 g/mol. The lowest BCUT2D eigenvalue weighted by Gasteiger charge is -2.30. The van der Waals surface area contributed by atoms with Crippen LogP contribution in [0.25, 0.3) is 48.6 Å². The Balaban J connectivity index is 1.12. The molecule has 0 bridgehead atoms. The van der Waals surface area contributed by atoms with Crippen LogP contribution in [0.5, 0.6) is 0 Å². The van der Waals surface area contributed by atoms with E-state index in [4.69, 9.17) is 0 Å². The van der Waals surface area contributed by atoms with Gasteiger partial charge in [0.25, 0.3) is 0 Å². The van der Waals surface area contributed by atoms with Gasteiger partial charge in [-0.25, -0.2) is 0 Å². The van der Waals surface area contributed by atoms with Crippen LogP contribution in [0.4, 0.5) is 34.1 Å².